The molecule has 158 valence electrons. The van der Waals surface area contributed by atoms with Gasteiger partial charge in [0.05, 0.1) is 22.1 Å². The molecule has 2 aromatic rings. The van der Waals surface area contributed by atoms with E-state index in [0.717, 1.165) is 0 Å². The van der Waals surface area contributed by atoms with E-state index >= 15 is 0 Å². The summed E-state index contributed by atoms with van der Waals surface area (Å²) in [6.07, 6.45) is 2.37. The maximum Gasteiger partial charge on any atom is 0.252 e. The predicted octanol–water partition coefficient (Wildman–Crippen LogP) is 3.71. The highest BCUT2D eigenvalue weighted by atomic mass is 35.5. The molecule has 1 aliphatic rings. The lowest BCUT2D eigenvalue weighted by molar-refractivity contribution is -0.604. The molecule has 0 radical (unpaired) electrons. The SMILES string of the molecule is CCN(C(=S)CCS(=O)(=O)CC1CC1(F)F)c1sc(-c2ccc[n+]([O-])c2)nc1Cl. The predicted molar refractivity (Wildman–Crippen MR) is 113 cm³/mol. The van der Waals surface area contributed by atoms with Gasteiger partial charge in [0.2, 0.25) is 0 Å². The summed E-state index contributed by atoms with van der Waals surface area (Å²) in [5.74, 6) is -4.78. The van der Waals surface area contributed by atoms with E-state index in [-0.39, 0.29) is 23.7 Å². The van der Waals surface area contributed by atoms with Gasteiger partial charge in [-0.3, -0.25) is 0 Å². The fourth-order valence-electron chi connectivity index (χ4n) is 2.82. The molecule has 1 fully saturated rings. The number of thiazole rings is 1. The summed E-state index contributed by atoms with van der Waals surface area (Å²) < 4.78 is 50.9. The highest BCUT2D eigenvalue weighted by molar-refractivity contribution is 7.91. The minimum absolute atomic E-state index is 0.0270. The van der Waals surface area contributed by atoms with E-state index in [2.05, 4.69) is 4.98 Å². The number of hydrogen-bond donors (Lipinski definition) is 0. The summed E-state index contributed by atoms with van der Waals surface area (Å²) in [4.78, 5) is 6.29. The number of aromatic nitrogens is 2. The summed E-state index contributed by atoms with van der Waals surface area (Å²) in [6, 6.07) is 3.32. The molecule has 2 heterocycles. The van der Waals surface area contributed by atoms with Gasteiger partial charge in [0.25, 0.3) is 5.92 Å². The molecule has 2 aromatic heterocycles. The Hall–Kier alpha value is -1.43. The number of anilines is 1. The van der Waals surface area contributed by atoms with Crippen LogP contribution in [-0.2, 0) is 9.84 Å². The Kier molecular flexibility index (Phi) is 6.42. The third-order valence-electron chi connectivity index (χ3n) is 4.49. The van der Waals surface area contributed by atoms with Crippen LogP contribution in [0.4, 0.5) is 13.8 Å². The molecule has 1 aliphatic carbocycles. The molecule has 3 rings (SSSR count). The van der Waals surface area contributed by atoms with Crippen LogP contribution >= 0.6 is 35.2 Å². The van der Waals surface area contributed by atoms with Crippen molar-refractivity contribution in [3.8, 4) is 10.6 Å². The molecule has 12 heteroatoms. The molecule has 0 aliphatic heterocycles. The minimum Gasteiger partial charge on any atom is -0.619 e. The third-order valence-corrected chi connectivity index (χ3v) is 8.16. The van der Waals surface area contributed by atoms with Gasteiger partial charge in [-0.1, -0.05) is 35.2 Å². The smallest absolute Gasteiger partial charge is 0.252 e. The van der Waals surface area contributed by atoms with Crippen LogP contribution in [0.3, 0.4) is 0 Å². The van der Waals surface area contributed by atoms with Crippen molar-refractivity contribution in [1.82, 2.24) is 4.98 Å². The van der Waals surface area contributed by atoms with E-state index in [0.29, 0.717) is 31.8 Å². The molecule has 1 unspecified atom stereocenters. The first-order chi connectivity index (χ1) is 13.5. The van der Waals surface area contributed by atoms with Crippen molar-refractivity contribution >= 4 is 55.0 Å². The van der Waals surface area contributed by atoms with E-state index in [4.69, 9.17) is 23.8 Å². The molecule has 0 N–H and O–H groups in total. The van der Waals surface area contributed by atoms with Crippen LogP contribution in [0.15, 0.2) is 24.5 Å². The Morgan fingerprint density at radius 3 is 2.83 bits per heavy atom. The fourth-order valence-corrected chi connectivity index (χ4v) is 6.36. The standard InChI is InChI=1S/C17H18ClF2N3O3S3/c1-2-23(13(27)5-7-29(25,26)10-12-8-17(12,19)20)16-14(18)21-15(28-16)11-4-3-6-22(24)9-11/h3-4,6,9,12H,2,5,7-8,10H2,1H3. The minimum atomic E-state index is -3.64. The Labute approximate surface area is 181 Å². The van der Waals surface area contributed by atoms with Gasteiger partial charge in [-0.2, -0.15) is 4.73 Å². The Balaban J connectivity index is 1.70. The summed E-state index contributed by atoms with van der Waals surface area (Å²) in [5.41, 5.74) is 0.593. The first kappa shape index (κ1) is 22.3. The third kappa shape index (κ3) is 5.39. The highest BCUT2D eigenvalue weighted by Gasteiger charge is 2.58. The van der Waals surface area contributed by atoms with Crippen molar-refractivity contribution in [2.24, 2.45) is 5.92 Å². The van der Waals surface area contributed by atoms with Gasteiger partial charge in [0.15, 0.2) is 27.4 Å². The average Bonchev–Trinajstić information content (AvgIpc) is 3.04. The lowest BCUT2D eigenvalue weighted by Crippen LogP contribution is -2.30. The second-order valence-corrected chi connectivity index (χ2v) is 10.8. The van der Waals surface area contributed by atoms with Crippen molar-refractivity contribution in [1.29, 1.82) is 0 Å². The zero-order valence-corrected chi connectivity index (χ0v) is 18.6. The largest absolute Gasteiger partial charge is 0.619 e. The van der Waals surface area contributed by atoms with Crippen LogP contribution in [0, 0.1) is 11.1 Å². The number of hydrogen-bond acceptors (Lipinski definition) is 6. The van der Waals surface area contributed by atoms with Crippen LogP contribution in [0.5, 0.6) is 0 Å². The molecule has 1 saturated carbocycles. The van der Waals surface area contributed by atoms with E-state index in [1.54, 1.807) is 17.0 Å². The summed E-state index contributed by atoms with van der Waals surface area (Å²) >= 11 is 12.9. The highest BCUT2D eigenvalue weighted by Crippen LogP contribution is 2.49. The number of sulfone groups is 1. The molecule has 0 bridgehead atoms. The normalized spacial score (nSPS) is 17.9. The molecule has 1 atom stereocenters. The number of halogens is 3. The lowest BCUT2D eigenvalue weighted by Gasteiger charge is -2.22. The number of alkyl halides is 2. The first-order valence-electron chi connectivity index (χ1n) is 8.76. The molecule has 0 spiro atoms. The van der Waals surface area contributed by atoms with E-state index in [9.17, 15) is 22.4 Å². The van der Waals surface area contributed by atoms with Gasteiger partial charge in [-0.25, -0.2) is 22.2 Å². The van der Waals surface area contributed by atoms with Gasteiger partial charge >= 0.3 is 0 Å². The number of nitrogens with zero attached hydrogens (tertiary/aromatic N) is 3. The Bertz CT molecular complexity index is 1030. The van der Waals surface area contributed by atoms with Crippen LogP contribution in [0.25, 0.3) is 10.6 Å². The monoisotopic (exact) mass is 481 g/mol. The van der Waals surface area contributed by atoms with Gasteiger partial charge in [-0.05, 0) is 13.0 Å². The average molecular weight is 482 g/mol. The summed E-state index contributed by atoms with van der Waals surface area (Å²) in [6.45, 7) is 2.26. The second kappa shape index (κ2) is 8.37. The van der Waals surface area contributed by atoms with Crippen LogP contribution in [-0.4, -0.2) is 42.4 Å². The van der Waals surface area contributed by atoms with E-state index < -0.39 is 27.4 Å². The van der Waals surface area contributed by atoms with E-state index in [1.165, 1.54) is 23.7 Å². The van der Waals surface area contributed by atoms with Gasteiger partial charge in [0, 0.05) is 31.4 Å². The first-order valence-corrected chi connectivity index (χ1v) is 12.2. The Morgan fingerprint density at radius 2 is 2.24 bits per heavy atom. The van der Waals surface area contributed by atoms with Crippen molar-refractivity contribution in [3.05, 3.63) is 34.9 Å². The van der Waals surface area contributed by atoms with Crippen molar-refractivity contribution in [2.75, 3.05) is 23.0 Å². The molecular weight excluding hydrogens is 464 g/mol. The number of pyridine rings is 1. The Morgan fingerprint density at radius 1 is 1.55 bits per heavy atom. The lowest BCUT2D eigenvalue weighted by atomic mass is 10.3. The zero-order valence-electron chi connectivity index (χ0n) is 15.3. The summed E-state index contributed by atoms with van der Waals surface area (Å²) in [7, 11) is -3.64. The molecule has 0 aromatic carbocycles. The van der Waals surface area contributed by atoms with Crippen LogP contribution in [0.1, 0.15) is 19.8 Å². The zero-order chi connectivity index (χ0) is 21.4. The van der Waals surface area contributed by atoms with Gasteiger partial charge in [-0.15, -0.1) is 0 Å². The van der Waals surface area contributed by atoms with Crippen LogP contribution in [0.2, 0.25) is 5.15 Å². The van der Waals surface area contributed by atoms with Gasteiger partial charge < -0.3 is 10.1 Å². The van der Waals surface area contributed by atoms with Gasteiger partial charge in [0.1, 0.15) is 10.0 Å². The fraction of sp³-hybridized carbons (Fsp3) is 0.471. The summed E-state index contributed by atoms with van der Waals surface area (Å²) in [5, 5.41) is 12.7. The van der Waals surface area contributed by atoms with Crippen molar-refractivity contribution in [2.45, 2.75) is 25.7 Å². The number of thiocarbonyl (C=S) groups is 1. The van der Waals surface area contributed by atoms with Crippen LogP contribution < -0.4 is 9.63 Å². The number of rotatable bonds is 8. The molecule has 0 saturated heterocycles. The quantitative estimate of drug-likeness (QED) is 0.325. The maximum atomic E-state index is 13.0. The van der Waals surface area contributed by atoms with Crippen molar-refractivity contribution < 1.29 is 21.9 Å². The molecule has 29 heavy (non-hydrogen) atoms. The van der Waals surface area contributed by atoms with E-state index in [1.807, 2.05) is 6.92 Å². The van der Waals surface area contributed by atoms with Crippen molar-refractivity contribution in [3.63, 3.8) is 0 Å². The second-order valence-electron chi connectivity index (χ2n) is 6.73. The molecule has 0 amide bonds. The molecule has 6 nitrogen and oxygen atoms in total. The molecular formula is C17H18ClF2N3O3S3. The topological polar surface area (TPSA) is 77.2 Å². The maximum absolute atomic E-state index is 13.0.